The van der Waals surface area contributed by atoms with Crippen LogP contribution >= 0.6 is 0 Å². The minimum Gasteiger partial charge on any atom is -0.304 e. The molecule has 0 aliphatic heterocycles. The van der Waals surface area contributed by atoms with E-state index in [2.05, 4.69) is 41.4 Å². The van der Waals surface area contributed by atoms with E-state index >= 15 is 0 Å². The molecule has 0 saturated carbocycles. The fourth-order valence-electron chi connectivity index (χ4n) is 2.92. The molecular weight excluding hydrogens is 314 g/mol. The first-order chi connectivity index (χ1) is 12.1. The smallest absolute Gasteiger partial charge is 0.272 e. The largest absolute Gasteiger partial charge is 0.304 e. The number of nitrogens with one attached hydrogen (secondary N) is 2. The topological polar surface area (TPSA) is 86.0 Å². The molecule has 0 aliphatic rings. The lowest BCUT2D eigenvalue weighted by Crippen LogP contribution is -2.25. The van der Waals surface area contributed by atoms with Gasteiger partial charge in [-0.3, -0.25) is 9.89 Å². The van der Waals surface area contributed by atoms with Gasteiger partial charge in [-0.25, -0.2) is 9.50 Å². The van der Waals surface area contributed by atoms with Crippen molar-refractivity contribution in [2.75, 3.05) is 0 Å². The molecule has 0 aliphatic carbocycles. The van der Waals surface area contributed by atoms with Gasteiger partial charge in [0, 0.05) is 24.8 Å². The summed E-state index contributed by atoms with van der Waals surface area (Å²) in [6, 6.07) is 14.0. The molecule has 2 aromatic heterocycles. The summed E-state index contributed by atoms with van der Waals surface area (Å²) in [6.07, 6.45) is 2.48. The fraction of sp³-hybridized carbons (Fsp3) is 0.316. The van der Waals surface area contributed by atoms with Crippen LogP contribution in [0.3, 0.4) is 0 Å². The average molecular weight is 335 g/mol. The number of nitriles is 1. The summed E-state index contributed by atoms with van der Waals surface area (Å²) in [5, 5.41) is 15.4. The van der Waals surface area contributed by atoms with Crippen LogP contribution in [0.25, 0.3) is 5.65 Å². The van der Waals surface area contributed by atoms with Crippen molar-refractivity contribution in [3.8, 4) is 6.07 Å². The number of nitrogens with zero attached hydrogens (tertiary/aromatic N) is 3. The molecule has 128 valence electrons. The van der Waals surface area contributed by atoms with E-state index in [1.165, 1.54) is 22.3 Å². The summed E-state index contributed by atoms with van der Waals surface area (Å²) in [5.41, 5.74) is 2.36. The van der Waals surface area contributed by atoms with Gasteiger partial charge in [-0.15, -0.1) is 0 Å². The maximum Gasteiger partial charge on any atom is 0.272 e. The number of fused-ring (bicyclic) bond motifs is 1. The molecule has 0 fully saturated rings. The first-order valence-corrected chi connectivity index (χ1v) is 8.37. The van der Waals surface area contributed by atoms with Gasteiger partial charge in [0.1, 0.15) is 11.6 Å². The highest BCUT2D eigenvalue weighted by atomic mass is 16.1. The molecule has 0 bridgehead atoms. The molecule has 0 spiro atoms. The van der Waals surface area contributed by atoms with Gasteiger partial charge in [0.2, 0.25) is 0 Å². The summed E-state index contributed by atoms with van der Waals surface area (Å²) < 4.78 is 1.28. The number of H-pyrrole nitrogens is 1. The summed E-state index contributed by atoms with van der Waals surface area (Å²) in [7, 11) is 0. The van der Waals surface area contributed by atoms with Crippen LogP contribution in [0.15, 0.2) is 47.4 Å². The van der Waals surface area contributed by atoms with Crippen LogP contribution in [0.5, 0.6) is 0 Å². The van der Waals surface area contributed by atoms with Crippen molar-refractivity contribution in [1.82, 2.24) is 19.9 Å². The van der Waals surface area contributed by atoms with Gasteiger partial charge in [0.25, 0.3) is 5.56 Å². The lowest BCUT2D eigenvalue weighted by atomic mass is 9.97. The Bertz CT molecular complexity index is 949. The Labute approximate surface area is 146 Å². The molecule has 6 heteroatoms. The maximum atomic E-state index is 12.2. The van der Waals surface area contributed by atoms with Gasteiger partial charge in [-0.1, -0.05) is 44.2 Å². The normalized spacial score (nSPS) is 12.4. The van der Waals surface area contributed by atoms with Gasteiger partial charge in [-0.2, -0.15) is 5.26 Å². The maximum absolute atomic E-state index is 12.2. The van der Waals surface area contributed by atoms with Gasteiger partial charge < -0.3 is 5.32 Å². The molecule has 0 amide bonds. The van der Waals surface area contributed by atoms with E-state index in [1.54, 1.807) is 0 Å². The summed E-state index contributed by atoms with van der Waals surface area (Å²) in [5.74, 6) is 0.536. The van der Waals surface area contributed by atoms with Gasteiger partial charge in [0.15, 0.2) is 5.65 Å². The van der Waals surface area contributed by atoms with E-state index in [-0.39, 0.29) is 11.6 Å². The first-order valence-electron chi connectivity index (χ1n) is 8.37. The second kappa shape index (κ2) is 7.32. The molecule has 1 atom stereocenters. The van der Waals surface area contributed by atoms with Crippen molar-refractivity contribution < 1.29 is 0 Å². The second-order valence-electron chi connectivity index (χ2n) is 6.52. The monoisotopic (exact) mass is 335 g/mol. The number of benzene rings is 1. The van der Waals surface area contributed by atoms with Gasteiger partial charge in [-0.05, 0) is 17.9 Å². The molecular formula is C19H21N5O. The number of hydrogen-bond donors (Lipinski definition) is 2. The third-order valence-corrected chi connectivity index (χ3v) is 4.11. The molecule has 3 aromatic rings. The fourth-order valence-corrected chi connectivity index (χ4v) is 2.92. The van der Waals surface area contributed by atoms with Crippen LogP contribution in [0.2, 0.25) is 0 Å². The van der Waals surface area contributed by atoms with E-state index in [1.807, 2.05) is 24.3 Å². The minimum atomic E-state index is -0.219. The van der Waals surface area contributed by atoms with E-state index < -0.39 is 0 Å². The number of aromatic amines is 1. The van der Waals surface area contributed by atoms with Crippen molar-refractivity contribution in [3.05, 3.63) is 69.8 Å². The summed E-state index contributed by atoms with van der Waals surface area (Å²) in [6.45, 7) is 4.84. The van der Waals surface area contributed by atoms with E-state index in [0.29, 0.717) is 29.4 Å². The molecule has 6 nitrogen and oxygen atoms in total. The zero-order valence-electron chi connectivity index (χ0n) is 14.4. The van der Waals surface area contributed by atoms with Crippen LogP contribution in [0.1, 0.15) is 43.1 Å². The minimum absolute atomic E-state index is 0.183. The second-order valence-corrected chi connectivity index (χ2v) is 6.52. The zero-order valence-corrected chi connectivity index (χ0v) is 14.4. The van der Waals surface area contributed by atoms with Crippen LogP contribution < -0.4 is 10.9 Å². The van der Waals surface area contributed by atoms with Crippen LogP contribution in [-0.2, 0) is 6.54 Å². The highest BCUT2D eigenvalue weighted by Gasteiger charge is 2.14. The van der Waals surface area contributed by atoms with Crippen molar-refractivity contribution in [3.63, 3.8) is 0 Å². The van der Waals surface area contributed by atoms with Crippen LogP contribution in [-0.4, -0.2) is 14.6 Å². The predicted octanol–water partition coefficient (Wildman–Crippen LogP) is 2.77. The van der Waals surface area contributed by atoms with Crippen LogP contribution in [0, 0.1) is 17.2 Å². The van der Waals surface area contributed by atoms with Crippen molar-refractivity contribution >= 4 is 5.65 Å². The van der Waals surface area contributed by atoms with Gasteiger partial charge >= 0.3 is 0 Å². The lowest BCUT2D eigenvalue weighted by molar-refractivity contribution is 0.426. The number of rotatable bonds is 6. The summed E-state index contributed by atoms with van der Waals surface area (Å²) >= 11 is 0. The third-order valence-electron chi connectivity index (χ3n) is 4.11. The molecule has 1 aromatic carbocycles. The van der Waals surface area contributed by atoms with E-state index in [9.17, 15) is 4.79 Å². The number of hydrogen-bond acceptors (Lipinski definition) is 4. The number of aromatic nitrogens is 3. The highest BCUT2D eigenvalue weighted by molar-refractivity contribution is 5.53. The average Bonchev–Trinajstić information content (AvgIpc) is 3.02. The zero-order chi connectivity index (χ0) is 17.8. The van der Waals surface area contributed by atoms with E-state index in [0.717, 1.165) is 6.42 Å². The molecule has 0 radical (unpaired) electrons. The van der Waals surface area contributed by atoms with Crippen LogP contribution in [0.4, 0.5) is 0 Å². The quantitative estimate of drug-likeness (QED) is 0.725. The Balaban J connectivity index is 1.84. The lowest BCUT2D eigenvalue weighted by Gasteiger charge is -2.21. The molecule has 2 heterocycles. The summed E-state index contributed by atoms with van der Waals surface area (Å²) in [4.78, 5) is 16.6. The Morgan fingerprint density at radius 1 is 1.32 bits per heavy atom. The van der Waals surface area contributed by atoms with Crippen molar-refractivity contribution in [2.45, 2.75) is 32.9 Å². The molecule has 3 rings (SSSR count). The van der Waals surface area contributed by atoms with Gasteiger partial charge in [0.05, 0.1) is 5.69 Å². The molecule has 1 unspecified atom stereocenters. The molecule has 2 N–H and O–H groups in total. The predicted molar refractivity (Wildman–Crippen MR) is 96.0 cm³/mol. The van der Waals surface area contributed by atoms with Crippen molar-refractivity contribution in [2.24, 2.45) is 5.92 Å². The SMILES string of the molecule is CC(C)CC(NCc1cc(=O)n2[nH]cc(C#N)c2n1)c1ccccc1. The Morgan fingerprint density at radius 3 is 2.76 bits per heavy atom. The Kier molecular flexibility index (Phi) is 4.96. The molecule has 0 saturated heterocycles. The standard InChI is InChI=1S/C19H21N5O/c1-13(2)8-17(14-6-4-3-5-7-14)21-12-16-9-18(25)24-19(23-16)15(10-20)11-22-24/h3-7,9,11,13,17,21-22H,8,12H2,1-2H3. The highest BCUT2D eigenvalue weighted by Crippen LogP contribution is 2.21. The Hall–Kier alpha value is -2.91. The van der Waals surface area contributed by atoms with E-state index in [4.69, 9.17) is 5.26 Å². The third kappa shape index (κ3) is 3.78. The Morgan fingerprint density at radius 2 is 2.08 bits per heavy atom. The molecule has 25 heavy (non-hydrogen) atoms. The first kappa shape index (κ1) is 16.9. The van der Waals surface area contributed by atoms with Crippen molar-refractivity contribution in [1.29, 1.82) is 5.26 Å².